The van der Waals surface area contributed by atoms with Crippen LogP contribution in [0.5, 0.6) is 0 Å². The fraction of sp³-hybridized carbons (Fsp3) is 0.286. The predicted octanol–water partition coefficient (Wildman–Crippen LogP) is 0.184. The number of carboxylic acids is 1. The highest BCUT2D eigenvalue weighted by atomic mass is 16.4. The molecule has 0 aliphatic rings. The second-order valence-corrected chi connectivity index (χ2v) is 2.30. The molecule has 0 aromatic carbocycles. The summed E-state index contributed by atoms with van der Waals surface area (Å²) in [6.45, 7) is 0. The molecule has 0 unspecified atom stereocenters. The van der Waals surface area contributed by atoms with E-state index in [1.54, 1.807) is 7.05 Å². The molecule has 1 heterocycles. The van der Waals surface area contributed by atoms with Crippen LogP contribution < -0.4 is 0 Å². The number of hydrogen-bond acceptors (Lipinski definition) is 3. The molecule has 0 atom stereocenters. The Labute approximate surface area is 68.8 Å². The summed E-state index contributed by atoms with van der Waals surface area (Å²) in [7, 11) is 1.62. The largest absolute Gasteiger partial charge is 0.478 e. The van der Waals surface area contributed by atoms with Crippen molar-refractivity contribution in [2.75, 3.05) is 0 Å². The Morgan fingerprint density at radius 1 is 1.92 bits per heavy atom. The summed E-state index contributed by atoms with van der Waals surface area (Å²) in [5.74, 6) is -1.05. The molecule has 0 aliphatic carbocycles. The Balaban J connectivity index is 3.10. The lowest BCUT2D eigenvalue weighted by molar-refractivity contribution is 0.0696. The molecule has 0 aliphatic heterocycles. The highest BCUT2D eigenvalue weighted by molar-refractivity contribution is 5.88. The average molecular weight is 165 g/mol. The SMILES string of the molecule is Cn1cc(C(=O)O)c(CC#N)n1. The summed E-state index contributed by atoms with van der Waals surface area (Å²) in [6, 6.07) is 1.85. The lowest BCUT2D eigenvalue weighted by atomic mass is 10.2. The fourth-order valence-electron chi connectivity index (χ4n) is 0.919. The van der Waals surface area contributed by atoms with Crippen LogP contribution in [-0.4, -0.2) is 20.9 Å². The Morgan fingerprint density at radius 2 is 2.58 bits per heavy atom. The maximum absolute atomic E-state index is 10.5. The number of nitriles is 1. The van der Waals surface area contributed by atoms with Crippen molar-refractivity contribution in [2.24, 2.45) is 7.05 Å². The summed E-state index contributed by atoms with van der Waals surface area (Å²) < 4.78 is 1.39. The van der Waals surface area contributed by atoms with E-state index < -0.39 is 5.97 Å². The van der Waals surface area contributed by atoms with Gasteiger partial charge < -0.3 is 5.11 Å². The van der Waals surface area contributed by atoms with Crippen LogP contribution in [0.2, 0.25) is 0 Å². The van der Waals surface area contributed by atoms with Crippen molar-refractivity contribution in [1.82, 2.24) is 9.78 Å². The minimum absolute atomic E-state index is 0.0302. The van der Waals surface area contributed by atoms with Gasteiger partial charge in [0.15, 0.2) is 0 Å². The molecule has 0 radical (unpaired) electrons. The van der Waals surface area contributed by atoms with E-state index in [2.05, 4.69) is 5.10 Å². The molecule has 62 valence electrons. The number of aryl methyl sites for hydroxylation is 1. The topological polar surface area (TPSA) is 78.9 Å². The molecular formula is C7H7N3O2. The van der Waals surface area contributed by atoms with Crippen LogP contribution in [0.25, 0.3) is 0 Å². The molecule has 0 fully saturated rings. The Bertz CT molecular complexity index is 348. The standard InChI is InChI=1S/C7H7N3O2/c1-10-4-5(7(11)12)6(9-10)2-3-8/h4H,2H2,1H3,(H,11,12). The summed E-state index contributed by atoms with van der Waals surface area (Å²) in [4.78, 5) is 10.5. The normalized spacial score (nSPS) is 9.33. The first-order chi connectivity index (χ1) is 5.65. The van der Waals surface area contributed by atoms with Crippen molar-refractivity contribution in [3.63, 3.8) is 0 Å². The van der Waals surface area contributed by atoms with E-state index in [1.165, 1.54) is 10.9 Å². The molecule has 0 saturated carbocycles. The third-order valence-corrected chi connectivity index (χ3v) is 1.38. The minimum Gasteiger partial charge on any atom is -0.478 e. The number of carboxylic acid groups (broad SMARTS) is 1. The maximum atomic E-state index is 10.5. The third-order valence-electron chi connectivity index (χ3n) is 1.38. The van der Waals surface area contributed by atoms with Crippen LogP contribution >= 0.6 is 0 Å². The van der Waals surface area contributed by atoms with Gasteiger partial charge in [-0.15, -0.1) is 0 Å². The minimum atomic E-state index is -1.05. The number of aromatic nitrogens is 2. The van der Waals surface area contributed by atoms with Gasteiger partial charge in [-0.05, 0) is 0 Å². The molecule has 1 aromatic heterocycles. The summed E-state index contributed by atoms with van der Waals surface area (Å²) in [5, 5.41) is 20.8. The Morgan fingerprint density at radius 3 is 3.08 bits per heavy atom. The van der Waals surface area contributed by atoms with Crippen molar-refractivity contribution < 1.29 is 9.90 Å². The van der Waals surface area contributed by atoms with Gasteiger partial charge in [0.05, 0.1) is 18.2 Å². The molecule has 1 rings (SSSR count). The Hall–Kier alpha value is -1.83. The van der Waals surface area contributed by atoms with Crippen LogP contribution in [0.15, 0.2) is 6.20 Å². The number of rotatable bonds is 2. The first-order valence-electron chi connectivity index (χ1n) is 3.28. The second kappa shape index (κ2) is 3.05. The zero-order chi connectivity index (χ0) is 9.14. The lowest BCUT2D eigenvalue weighted by Gasteiger charge is -1.87. The monoisotopic (exact) mass is 165 g/mol. The highest BCUT2D eigenvalue weighted by Gasteiger charge is 2.13. The highest BCUT2D eigenvalue weighted by Crippen LogP contribution is 2.06. The van der Waals surface area contributed by atoms with Crippen molar-refractivity contribution in [3.05, 3.63) is 17.5 Å². The van der Waals surface area contributed by atoms with Gasteiger partial charge in [-0.25, -0.2) is 4.79 Å². The molecule has 12 heavy (non-hydrogen) atoms. The number of nitrogens with zero attached hydrogens (tertiary/aromatic N) is 3. The first kappa shape index (κ1) is 8.27. The smallest absolute Gasteiger partial charge is 0.339 e. The summed E-state index contributed by atoms with van der Waals surface area (Å²) in [5.41, 5.74) is 0.409. The summed E-state index contributed by atoms with van der Waals surface area (Å²) >= 11 is 0. The quantitative estimate of drug-likeness (QED) is 0.678. The third kappa shape index (κ3) is 1.42. The molecule has 0 bridgehead atoms. The van der Waals surface area contributed by atoms with Crippen LogP contribution in [-0.2, 0) is 13.5 Å². The van der Waals surface area contributed by atoms with Gasteiger partial charge in [0.1, 0.15) is 5.56 Å². The predicted molar refractivity (Wildman–Crippen MR) is 39.5 cm³/mol. The van der Waals surface area contributed by atoms with Crippen molar-refractivity contribution >= 4 is 5.97 Å². The molecule has 5 nitrogen and oxygen atoms in total. The molecule has 0 saturated heterocycles. The van der Waals surface area contributed by atoms with Gasteiger partial charge in [0, 0.05) is 13.2 Å². The van der Waals surface area contributed by atoms with Gasteiger partial charge in [0.2, 0.25) is 0 Å². The van der Waals surface area contributed by atoms with E-state index in [4.69, 9.17) is 10.4 Å². The van der Waals surface area contributed by atoms with Crippen molar-refractivity contribution in [3.8, 4) is 6.07 Å². The number of carbonyl (C=O) groups is 1. The molecular weight excluding hydrogens is 158 g/mol. The van der Waals surface area contributed by atoms with E-state index >= 15 is 0 Å². The molecule has 0 spiro atoms. The lowest BCUT2D eigenvalue weighted by Crippen LogP contribution is -1.98. The van der Waals surface area contributed by atoms with Gasteiger partial charge in [0.25, 0.3) is 0 Å². The van der Waals surface area contributed by atoms with Gasteiger partial charge in [-0.3, -0.25) is 4.68 Å². The van der Waals surface area contributed by atoms with Gasteiger partial charge in [-0.1, -0.05) is 0 Å². The van der Waals surface area contributed by atoms with E-state index in [9.17, 15) is 4.79 Å². The maximum Gasteiger partial charge on any atom is 0.339 e. The van der Waals surface area contributed by atoms with E-state index in [-0.39, 0.29) is 12.0 Å². The van der Waals surface area contributed by atoms with Crippen LogP contribution in [0.1, 0.15) is 16.1 Å². The van der Waals surface area contributed by atoms with E-state index in [0.29, 0.717) is 5.69 Å². The van der Waals surface area contributed by atoms with Gasteiger partial charge >= 0.3 is 5.97 Å². The zero-order valence-electron chi connectivity index (χ0n) is 6.48. The van der Waals surface area contributed by atoms with E-state index in [1.807, 2.05) is 6.07 Å². The van der Waals surface area contributed by atoms with Crippen molar-refractivity contribution in [1.29, 1.82) is 5.26 Å². The molecule has 1 N–H and O–H groups in total. The van der Waals surface area contributed by atoms with Crippen LogP contribution in [0, 0.1) is 11.3 Å². The molecule has 5 heteroatoms. The Kier molecular flexibility index (Phi) is 2.10. The average Bonchev–Trinajstić information content (AvgIpc) is 2.32. The number of aromatic carboxylic acids is 1. The molecule has 1 aromatic rings. The summed E-state index contributed by atoms with van der Waals surface area (Å²) in [6.07, 6.45) is 1.41. The van der Waals surface area contributed by atoms with Crippen LogP contribution in [0.3, 0.4) is 0 Å². The van der Waals surface area contributed by atoms with E-state index in [0.717, 1.165) is 0 Å². The molecule has 0 amide bonds. The van der Waals surface area contributed by atoms with Crippen LogP contribution in [0.4, 0.5) is 0 Å². The zero-order valence-corrected chi connectivity index (χ0v) is 6.48. The second-order valence-electron chi connectivity index (χ2n) is 2.30. The number of hydrogen-bond donors (Lipinski definition) is 1. The van der Waals surface area contributed by atoms with Gasteiger partial charge in [-0.2, -0.15) is 10.4 Å². The van der Waals surface area contributed by atoms with Crippen molar-refractivity contribution in [2.45, 2.75) is 6.42 Å². The fourth-order valence-corrected chi connectivity index (χ4v) is 0.919. The first-order valence-corrected chi connectivity index (χ1v) is 3.28.